The van der Waals surface area contributed by atoms with Gasteiger partial charge >= 0.3 is 5.97 Å². The highest BCUT2D eigenvalue weighted by molar-refractivity contribution is 5.97. The summed E-state index contributed by atoms with van der Waals surface area (Å²) in [5.74, 6) is -2.47. The molecule has 0 fully saturated rings. The molecule has 2 aromatic rings. The number of carboxylic acid groups (broad SMARTS) is 1. The van der Waals surface area contributed by atoms with Crippen LogP contribution in [0.3, 0.4) is 0 Å². The molecule has 6 heteroatoms. The first kappa shape index (κ1) is 12.8. The number of hydrogen-bond acceptors (Lipinski definition) is 3. The van der Waals surface area contributed by atoms with Gasteiger partial charge in [0.1, 0.15) is 11.6 Å². The summed E-state index contributed by atoms with van der Waals surface area (Å²) in [6, 6.07) is 7.17. The fourth-order valence-corrected chi connectivity index (χ4v) is 1.60. The van der Waals surface area contributed by atoms with Crippen LogP contribution in [0.4, 0.5) is 25.8 Å². The summed E-state index contributed by atoms with van der Waals surface area (Å²) in [7, 11) is 0. The quantitative estimate of drug-likeness (QED) is 0.745. The van der Waals surface area contributed by atoms with E-state index in [0.29, 0.717) is 0 Å². The minimum Gasteiger partial charge on any atom is -0.478 e. The molecule has 0 spiro atoms. The minimum atomic E-state index is -1.19. The minimum absolute atomic E-state index is 0.0429. The van der Waals surface area contributed by atoms with Crippen LogP contribution in [0.2, 0.25) is 0 Å². The molecule has 2 rings (SSSR count). The van der Waals surface area contributed by atoms with Crippen LogP contribution in [0, 0.1) is 11.6 Å². The molecule has 2 aromatic carbocycles. The SMILES string of the molecule is Nc1c(Nc2cc(F)ccc2F)cccc1C(=O)O. The molecule has 0 radical (unpaired) electrons. The highest BCUT2D eigenvalue weighted by Gasteiger charge is 2.12. The van der Waals surface area contributed by atoms with Gasteiger partial charge in [-0.1, -0.05) is 6.07 Å². The van der Waals surface area contributed by atoms with Gasteiger partial charge in [0.05, 0.1) is 22.6 Å². The Morgan fingerprint density at radius 1 is 1.16 bits per heavy atom. The van der Waals surface area contributed by atoms with E-state index in [1.807, 2.05) is 0 Å². The number of carbonyl (C=O) groups is 1. The third kappa shape index (κ3) is 2.62. The van der Waals surface area contributed by atoms with Crippen LogP contribution in [0.1, 0.15) is 10.4 Å². The predicted octanol–water partition coefficient (Wildman–Crippen LogP) is 2.99. The molecule has 0 saturated carbocycles. The van der Waals surface area contributed by atoms with Crippen LogP contribution in [0.15, 0.2) is 36.4 Å². The topological polar surface area (TPSA) is 75.3 Å². The molecule has 0 amide bonds. The molecule has 0 atom stereocenters. The number of hydrogen-bond donors (Lipinski definition) is 3. The molecule has 0 unspecified atom stereocenters. The zero-order chi connectivity index (χ0) is 14.0. The second kappa shape index (κ2) is 4.93. The normalized spacial score (nSPS) is 10.2. The lowest BCUT2D eigenvalue weighted by molar-refractivity contribution is 0.0698. The van der Waals surface area contributed by atoms with Crippen molar-refractivity contribution in [3.63, 3.8) is 0 Å². The second-order valence-corrected chi connectivity index (χ2v) is 3.82. The number of halogens is 2. The van der Waals surface area contributed by atoms with E-state index in [-0.39, 0.29) is 22.6 Å². The van der Waals surface area contributed by atoms with Crippen molar-refractivity contribution in [2.75, 3.05) is 11.1 Å². The molecule has 4 nitrogen and oxygen atoms in total. The van der Waals surface area contributed by atoms with Gasteiger partial charge in [-0.25, -0.2) is 13.6 Å². The summed E-state index contributed by atoms with van der Waals surface area (Å²) in [4.78, 5) is 10.9. The van der Waals surface area contributed by atoms with Gasteiger partial charge in [-0.2, -0.15) is 0 Å². The van der Waals surface area contributed by atoms with E-state index >= 15 is 0 Å². The number of nitrogen functional groups attached to an aromatic ring is 1. The summed E-state index contributed by atoms with van der Waals surface area (Å²) >= 11 is 0. The first-order valence-electron chi connectivity index (χ1n) is 5.33. The van der Waals surface area contributed by atoms with Crippen molar-refractivity contribution in [3.8, 4) is 0 Å². The third-order valence-corrected chi connectivity index (χ3v) is 2.53. The summed E-state index contributed by atoms with van der Waals surface area (Å²) in [5, 5.41) is 11.5. The Bertz CT molecular complexity index is 645. The maximum absolute atomic E-state index is 13.5. The Labute approximate surface area is 107 Å². The molecule has 0 aliphatic heterocycles. The Morgan fingerprint density at radius 2 is 1.89 bits per heavy atom. The molecule has 19 heavy (non-hydrogen) atoms. The summed E-state index contributed by atoms with van der Waals surface area (Å²) in [6.45, 7) is 0. The number of para-hydroxylation sites is 1. The second-order valence-electron chi connectivity index (χ2n) is 3.82. The number of aromatic carboxylic acids is 1. The molecule has 0 aliphatic rings. The van der Waals surface area contributed by atoms with Crippen LogP contribution >= 0.6 is 0 Å². The van der Waals surface area contributed by atoms with Crippen LogP contribution in [-0.4, -0.2) is 11.1 Å². The van der Waals surface area contributed by atoms with Crippen molar-refractivity contribution in [1.82, 2.24) is 0 Å². The maximum Gasteiger partial charge on any atom is 0.337 e. The van der Waals surface area contributed by atoms with Crippen molar-refractivity contribution in [1.29, 1.82) is 0 Å². The average molecular weight is 264 g/mol. The van der Waals surface area contributed by atoms with E-state index in [4.69, 9.17) is 10.8 Å². The number of nitrogens with one attached hydrogen (secondary N) is 1. The third-order valence-electron chi connectivity index (χ3n) is 2.53. The monoisotopic (exact) mass is 264 g/mol. The van der Waals surface area contributed by atoms with Gasteiger partial charge in [0.15, 0.2) is 0 Å². The predicted molar refractivity (Wildman–Crippen MR) is 67.5 cm³/mol. The van der Waals surface area contributed by atoms with Gasteiger partial charge in [0.25, 0.3) is 0 Å². The Morgan fingerprint density at radius 3 is 2.58 bits per heavy atom. The first-order valence-corrected chi connectivity index (χ1v) is 5.33. The average Bonchev–Trinajstić information content (AvgIpc) is 2.36. The fraction of sp³-hybridized carbons (Fsp3) is 0. The number of rotatable bonds is 3. The molecule has 4 N–H and O–H groups in total. The lowest BCUT2D eigenvalue weighted by Crippen LogP contribution is -2.06. The summed E-state index contributed by atoms with van der Waals surface area (Å²) in [5.41, 5.74) is 5.59. The van der Waals surface area contributed by atoms with E-state index in [0.717, 1.165) is 18.2 Å². The standard InChI is InChI=1S/C13H10F2N2O2/c14-7-4-5-9(15)11(6-7)17-10-3-1-2-8(12(10)16)13(18)19/h1-6,17H,16H2,(H,18,19). The van der Waals surface area contributed by atoms with Crippen molar-refractivity contribution in [2.45, 2.75) is 0 Å². The molecular weight excluding hydrogens is 254 g/mol. The summed E-state index contributed by atoms with van der Waals surface area (Å²) < 4.78 is 26.5. The lowest BCUT2D eigenvalue weighted by atomic mass is 10.1. The lowest BCUT2D eigenvalue weighted by Gasteiger charge is -2.11. The maximum atomic E-state index is 13.5. The fourth-order valence-electron chi connectivity index (χ4n) is 1.60. The van der Waals surface area contributed by atoms with Gasteiger partial charge in [-0.15, -0.1) is 0 Å². The van der Waals surface area contributed by atoms with E-state index in [1.165, 1.54) is 18.2 Å². The largest absolute Gasteiger partial charge is 0.478 e. The van der Waals surface area contributed by atoms with Crippen LogP contribution in [0.25, 0.3) is 0 Å². The Kier molecular flexibility index (Phi) is 3.33. The van der Waals surface area contributed by atoms with Gasteiger partial charge in [0, 0.05) is 6.07 Å². The summed E-state index contributed by atoms with van der Waals surface area (Å²) in [6.07, 6.45) is 0. The van der Waals surface area contributed by atoms with Crippen molar-refractivity contribution >= 4 is 23.0 Å². The van der Waals surface area contributed by atoms with Gasteiger partial charge < -0.3 is 16.2 Å². The van der Waals surface area contributed by atoms with Crippen molar-refractivity contribution in [3.05, 3.63) is 53.6 Å². The number of carboxylic acids is 1. The van der Waals surface area contributed by atoms with Gasteiger partial charge in [-0.05, 0) is 24.3 Å². The van der Waals surface area contributed by atoms with Crippen molar-refractivity contribution in [2.24, 2.45) is 0 Å². The molecule has 0 bridgehead atoms. The zero-order valence-electron chi connectivity index (χ0n) is 9.65. The highest BCUT2D eigenvalue weighted by atomic mass is 19.1. The molecular formula is C13H10F2N2O2. The number of anilines is 3. The Balaban J connectivity index is 2.41. The molecule has 0 aliphatic carbocycles. The number of nitrogens with two attached hydrogens (primary N) is 1. The van der Waals surface area contributed by atoms with Gasteiger partial charge in [0.2, 0.25) is 0 Å². The van der Waals surface area contributed by atoms with E-state index in [1.54, 1.807) is 0 Å². The van der Waals surface area contributed by atoms with Crippen LogP contribution in [0.5, 0.6) is 0 Å². The van der Waals surface area contributed by atoms with Crippen molar-refractivity contribution < 1.29 is 18.7 Å². The van der Waals surface area contributed by atoms with Gasteiger partial charge in [-0.3, -0.25) is 0 Å². The van der Waals surface area contributed by atoms with E-state index in [9.17, 15) is 13.6 Å². The van der Waals surface area contributed by atoms with E-state index in [2.05, 4.69) is 5.32 Å². The van der Waals surface area contributed by atoms with E-state index < -0.39 is 17.6 Å². The Hall–Kier alpha value is -2.63. The zero-order valence-corrected chi connectivity index (χ0v) is 9.65. The molecule has 98 valence electrons. The molecule has 0 aromatic heterocycles. The number of benzene rings is 2. The van der Waals surface area contributed by atoms with Crippen LogP contribution in [-0.2, 0) is 0 Å². The highest BCUT2D eigenvalue weighted by Crippen LogP contribution is 2.27. The molecule has 0 saturated heterocycles. The smallest absolute Gasteiger partial charge is 0.337 e. The van der Waals surface area contributed by atoms with Crippen LogP contribution < -0.4 is 11.1 Å². The molecule has 0 heterocycles. The first-order chi connectivity index (χ1) is 8.99.